The molecule has 7 heteroatoms. The van der Waals surface area contributed by atoms with Crippen molar-refractivity contribution in [1.29, 1.82) is 5.26 Å². The Bertz CT molecular complexity index is 749. The maximum absolute atomic E-state index is 11.9. The SMILES string of the molecule is COc1ccc(/C=C/C(=O)OCC(=O)N[C@](C)(C#N)C2CC2)cc1OC. The van der Waals surface area contributed by atoms with Crippen LogP contribution in [-0.4, -0.2) is 38.2 Å². The first-order valence-electron chi connectivity index (χ1n) is 8.21. The number of ether oxygens (including phenoxy) is 3. The van der Waals surface area contributed by atoms with Crippen LogP contribution < -0.4 is 14.8 Å². The molecule has 0 aliphatic heterocycles. The summed E-state index contributed by atoms with van der Waals surface area (Å²) in [6.07, 6.45) is 4.60. The fourth-order valence-corrected chi connectivity index (χ4v) is 2.51. The molecule has 0 aromatic heterocycles. The second-order valence-corrected chi connectivity index (χ2v) is 6.19. The van der Waals surface area contributed by atoms with Gasteiger partial charge in [-0.15, -0.1) is 0 Å². The number of benzene rings is 1. The topological polar surface area (TPSA) is 97.6 Å². The number of nitriles is 1. The number of hydrogen-bond donors (Lipinski definition) is 1. The summed E-state index contributed by atoms with van der Waals surface area (Å²) in [6.45, 7) is 1.25. The van der Waals surface area contributed by atoms with Crippen LogP contribution in [0.3, 0.4) is 0 Å². The van der Waals surface area contributed by atoms with Gasteiger partial charge in [0.25, 0.3) is 5.91 Å². The Morgan fingerprint density at radius 1 is 1.31 bits per heavy atom. The van der Waals surface area contributed by atoms with E-state index in [4.69, 9.17) is 14.2 Å². The van der Waals surface area contributed by atoms with E-state index in [-0.39, 0.29) is 5.92 Å². The molecular formula is C19H22N2O5. The number of methoxy groups -OCH3 is 2. The molecule has 1 amide bonds. The highest BCUT2D eigenvalue weighted by molar-refractivity contribution is 5.89. The first-order valence-corrected chi connectivity index (χ1v) is 8.21. The van der Waals surface area contributed by atoms with Crippen molar-refractivity contribution in [3.05, 3.63) is 29.8 Å². The van der Waals surface area contributed by atoms with Crippen molar-refractivity contribution in [3.8, 4) is 17.6 Å². The molecular weight excluding hydrogens is 336 g/mol. The molecule has 1 aliphatic rings. The first kappa shape index (κ1) is 19.3. The average molecular weight is 358 g/mol. The van der Waals surface area contributed by atoms with Gasteiger partial charge in [-0.2, -0.15) is 5.26 Å². The van der Waals surface area contributed by atoms with E-state index in [0.717, 1.165) is 18.4 Å². The Balaban J connectivity index is 1.85. The minimum Gasteiger partial charge on any atom is -0.493 e. The van der Waals surface area contributed by atoms with Gasteiger partial charge in [0.2, 0.25) is 0 Å². The van der Waals surface area contributed by atoms with Gasteiger partial charge in [0.15, 0.2) is 18.1 Å². The summed E-state index contributed by atoms with van der Waals surface area (Å²) in [5.41, 5.74) is -0.186. The summed E-state index contributed by atoms with van der Waals surface area (Å²) >= 11 is 0. The van der Waals surface area contributed by atoms with Gasteiger partial charge in [0.05, 0.1) is 20.3 Å². The van der Waals surface area contributed by atoms with Gasteiger partial charge >= 0.3 is 5.97 Å². The van der Waals surface area contributed by atoms with E-state index in [1.165, 1.54) is 20.3 Å². The zero-order valence-corrected chi connectivity index (χ0v) is 15.1. The van der Waals surface area contributed by atoms with Crippen LogP contribution in [0.1, 0.15) is 25.3 Å². The molecule has 26 heavy (non-hydrogen) atoms. The Labute approximate surface area is 152 Å². The van der Waals surface area contributed by atoms with Gasteiger partial charge in [-0.1, -0.05) is 6.07 Å². The summed E-state index contributed by atoms with van der Waals surface area (Å²) in [6, 6.07) is 7.30. The van der Waals surface area contributed by atoms with E-state index in [0.29, 0.717) is 11.5 Å². The molecule has 138 valence electrons. The molecule has 0 heterocycles. The molecule has 2 rings (SSSR count). The highest BCUT2D eigenvalue weighted by atomic mass is 16.5. The van der Waals surface area contributed by atoms with Gasteiger partial charge in [0, 0.05) is 6.08 Å². The average Bonchev–Trinajstić information content (AvgIpc) is 3.50. The van der Waals surface area contributed by atoms with E-state index >= 15 is 0 Å². The van der Waals surface area contributed by atoms with E-state index in [1.807, 2.05) is 0 Å². The number of hydrogen-bond acceptors (Lipinski definition) is 6. The Morgan fingerprint density at radius 3 is 2.58 bits per heavy atom. The van der Waals surface area contributed by atoms with Crippen LogP contribution in [0.2, 0.25) is 0 Å². The van der Waals surface area contributed by atoms with Crippen LogP contribution in [0, 0.1) is 17.2 Å². The van der Waals surface area contributed by atoms with Crippen molar-refractivity contribution in [2.45, 2.75) is 25.3 Å². The molecule has 0 saturated heterocycles. The molecule has 1 atom stereocenters. The van der Waals surface area contributed by atoms with Crippen LogP contribution in [-0.2, 0) is 14.3 Å². The normalized spacial score (nSPS) is 15.6. The second kappa shape index (κ2) is 8.39. The molecule has 7 nitrogen and oxygen atoms in total. The lowest BCUT2D eigenvalue weighted by Gasteiger charge is -2.22. The summed E-state index contributed by atoms with van der Waals surface area (Å²) in [4.78, 5) is 23.7. The minimum atomic E-state index is -0.904. The molecule has 1 saturated carbocycles. The Morgan fingerprint density at radius 2 is 2.00 bits per heavy atom. The standard InChI is InChI=1S/C19H22N2O5/c1-19(12-20,14-6-7-14)21-17(22)11-26-18(23)9-5-13-4-8-15(24-2)16(10-13)25-3/h4-5,8-10,14H,6-7,11H2,1-3H3,(H,21,22)/b9-5+/t19-/m1/s1. The molecule has 1 aromatic carbocycles. The number of amides is 1. The zero-order chi connectivity index (χ0) is 19.2. The molecule has 0 radical (unpaired) electrons. The fraction of sp³-hybridized carbons (Fsp3) is 0.421. The lowest BCUT2D eigenvalue weighted by Crippen LogP contribution is -2.48. The number of nitrogens with one attached hydrogen (secondary N) is 1. The second-order valence-electron chi connectivity index (χ2n) is 6.19. The molecule has 1 aromatic rings. The highest BCUT2D eigenvalue weighted by Crippen LogP contribution is 2.39. The number of rotatable bonds is 8. The third kappa shape index (κ3) is 4.99. The summed E-state index contributed by atoms with van der Waals surface area (Å²) in [5.74, 6) is 0.143. The molecule has 1 fully saturated rings. The number of esters is 1. The van der Waals surface area contributed by atoms with E-state index in [1.54, 1.807) is 31.2 Å². The third-order valence-electron chi connectivity index (χ3n) is 4.19. The van der Waals surface area contributed by atoms with Gasteiger partial charge in [-0.05, 0) is 49.5 Å². The molecule has 0 unspecified atom stereocenters. The first-order chi connectivity index (χ1) is 12.4. The van der Waals surface area contributed by atoms with E-state index in [9.17, 15) is 14.9 Å². The number of carbonyl (C=O) groups excluding carboxylic acids is 2. The van der Waals surface area contributed by atoms with Crippen molar-refractivity contribution in [2.24, 2.45) is 5.92 Å². The van der Waals surface area contributed by atoms with E-state index in [2.05, 4.69) is 11.4 Å². The van der Waals surface area contributed by atoms with Crippen molar-refractivity contribution in [2.75, 3.05) is 20.8 Å². The van der Waals surface area contributed by atoms with Crippen LogP contribution >= 0.6 is 0 Å². The third-order valence-corrected chi connectivity index (χ3v) is 4.19. The van der Waals surface area contributed by atoms with Crippen LogP contribution in [0.15, 0.2) is 24.3 Å². The lowest BCUT2D eigenvalue weighted by molar-refractivity contribution is -0.144. The van der Waals surface area contributed by atoms with Crippen molar-refractivity contribution >= 4 is 18.0 Å². The van der Waals surface area contributed by atoms with Crippen molar-refractivity contribution in [1.82, 2.24) is 5.32 Å². The monoisotopic (exact) mass is 358 g/mol. The fourth-order valence-electron chi connectivity index (χ4n) is 2.51. The van der Waals surface area contributed by atoms with Gasteiger partial charge in [-0.25, -0.2) is 4.79 Å². The van der Waals surface area contributed by atoms with Crippen LogP contribution in [0.4, 0.5) is 0 Å². The minimum absolute atomic E-state index is 0.164. The number of carbonyl (C=O) groups is 2. The lowest BCUT2D eigenvalue weighted by atomic mass is 9.98. The molecule has 0 bridgehead atoms. The van der Waals surface area contributed by atoms with Crippen molar-refractivity contribution < 1.29 is 23.8 Å². The van der Waals surface area contributed by atoms with Gasteiger partial charge in [-0.3, -0.25) is 4.79 Å². The maximum atomic E-state index is 11.9. The Hall–Kier alpha value is -3.01. The molecule has 1 aliphatic carbocycles. The highest BCUT2D eigenvalue weighted by Gasteiger charge is 2.43. The largest absolute Gasteiger partial charge is 0.493 e. The molecule has 1 N–H and O–H groups in total. The predicted molar refractivity (Wildman–Crippen MR) is 94.4 cm³/mol. The Kier molecular flexibility index (Phi) is 6.23. The number of nitrogens with zero attached hydrogens (tertiary/aromatic N) is 1. The predicted octanol–water partition coefficient (Wildman–Crippen LogP) is 2.07. The quantitative estimate of drug-likeness (QED) is 0.564. The van der Waals surface area contributed by atoms with Gasteiger partial charge < -0.3 is 19.5 Å². The summed E-state index contributed by atoms with van der Waals surface area (Å²) in [5, 5.41) is 11.8. The van der Waals surface area contributed by atoms with Gasteiger partial charge in [0.1, 0.15) is 5.54 Å². The van der Waals surface area contributed by atoms with Crippen molar-refractivity contribution in [3.63, 3.8) is 0 Å². The zero-order valence-electron chi connectivity index (χ0n) is 15.1. The summed E-state index contributed by atoms with van der Waals surface area (Å²) < 4.78 is 15.2. The maximum Gasteiger partial charge on any atom is 0.331 e. The molecule has 0 spiro atoms. The van der Waals surface area contributed by atoms with E-state index < -0.39 is 24.0 Å². The summed E-state index contributed by atoms with van der Waals surface area (Å²) in [7, 11) is 3.06. The van der Waals surface area contributed by atoms with Crippen LogP contribution in [0.5, 0.6) is 11.5 Å². The van der Waals surface area contributed by atoms with Crippen LogP contribution in [0.25, 0.3) is 6.08 Å². The smallest absolute Gasteiger partial charge is 0.331 e.